The molecule has 2 N–H and O–H groups in total. The van der Waals surface area contributed by atoms with Crippen LogP contribution in [0, 0.1) is 6.92 Å². The Morgan fingerprint density at radius 1 is 1.12 bits per heavy atom. The summed E-state index contributed by atoms with van der Waals surface area (Å²) in [6.45, 7) is 2.05. The molecule has 0 heterocycles. The van der Waals surface area contributed by atoms with E-state index in [-0.39, 0.29) is 5.54 Å². The van der Waals surface area contributed by atoms with Crippen molar-refractivity contribution >= 4 is 0 Å². The standard InChI is InChI=1S/C13H19NO2/c1-9-10(15-2)5-6-11(16-3)12(9)13(14)7-4-8-13/h5-6H,4,7-8,14H2,1-3H3. The van der Waals surface area contributed by atoms with Gasteiger partial charge in [-0.15, -0.1) is 0 Å². The van der Waals surface area contributed by atoms with Gasteiger partial charge in [0.2, 0.25) is 0 Å². The van der Waals surface area contributed by atoms with Gasteiger partial charge < -0.3 is 15.2 Å². The average Bonchev–Trinajstić information content (AvgIpc) is 2.25. The highest BCUT2D eigenvalue weighted by Crippen LogP contribution is 2.46. The van der Waals surface area contributed by atoms with Crippen molar-refractivity contribution in [2.24, 2.45) is 5.73 Å². The first kappa shape index (κ1) is 11.3. The number of methoxy groups -OCH3 is 2. The average molecular weight is 221 g/mol. The van der Waals surface area contributed by atoms with E-state index in [1.54, 1.807) is 14.2 Å². The first-order valence-electron chi connectivity index (χ1n) is 5.63. The van der Waals surface area contributed by atoms with Crippen LogP contribution in [0.5, 0.6) is 11.5 Å². The lowest BCUT2D eigenvalue weighted by molar-refractivity contribution is 0.241. The summed E-state index contributed by atoms with van der Waals surface area (Å²) in [7, 11) is 3.37. The molecule has 0 radical (unpaired) electrons. The second-order valence-corrected chi connectivity index (χ2v) is 4.48. The van der Waals surface area contributed by atoms with Crippen LogP contribution in [0.3, 0.4) is 0 Å². The molecule has 88 valence electrons. The molecule has 3 nitrogen and oxygen atoms in total. The van der Waals surface area contributed by atoms with Gasteiger partial charge in [-0.2, -0.15) is 0 Å². The van der Waals surface area contributed by atoms with E-state index in [0.29, 0.717) is 0 Å². The van der Waals surface area contributed by atoms with Crippen molar-refractivity contribution in [1.82, 2.24) is 0 Å². The number of rotatable bonds is 3. The van der Waals surface area contributed by atoms with E-state index in [0.717, 1.165) is 35.5 Å². The molecule has 0 atom stereocenters. The maximum absolute atomic E-state index is 6.39. The van der Waals surface area contributed by atoms with Gasteiger partial charge in [-0.1, -0.05) is 0 Å². The summed E-state index contributed by atoms with van der Waals surface area (Å²) in [4.78, 5) is 0. The zero-order valence-corrected chi connectivity index (χ0v) is 10.2. The van der Waals surface area contributed by atoms with Gasteiger partial charge in [0.25, 0.3) is 0 Å². The molecular formula is C13H19NO2. The molecule has 0 bridgehead atoms. The molecule has 0 spiro atoms. The van der Waals surface area contributed by atoms with Crippen LogP contribution in [-0.2, 0) is 5.54 Å². The molecule has 1 aromatic rings. The molecule has 2 rings (SSSR count). The van der Waals surface area contributed by atoms with Crippen molar-refractivity contribution in [2.45, 2.75) is 31.7 Å². The zero-order chi connectivity index (χ0) is 11.8. The Balaban J connectivity index is 2.55. The molecule has 1 aliphatic rings. The molecule has 1 fully saturated rings. The van der Waals surface area contributed by atoms with Crippen LogP contribution in [0.25, 0.3) is 0 Å². The van der Waals surface area contributed by atoms with Crippen molar-refractivity contribution in [3.05, 3.63) is 23.3 Å². The fourth-order valence-corrected chi connectivity index (χ4v) is 2.49. The summed E-state index contributed by atoms with van der Waals surface area (Å²) in [6, 6.07) is 3.87. The smallest absolute Gasteiger partial charge is 0.124 e. The van der Waals surface area contributed by atoms with Crippen LogP contribution in [0.2, 0.25) is 0 Å². The SMILES string of the molecule is COc1ccc(OC)c(C2(N)CCC2)c1C. The molecule has 0 aromatic heterocycles. The molecular weight excluding hydrogens is 202 g/mol. The van der Waals surface area contributed by atoms with Crippen LogP contribution in [0.15, 0.2) is 12.1 Å². The maximum atomic E-state index is 6.39. The zero-order valence-electron chi connectivity index (χ0n) is 10.2. The van der Waals surface area contributed by atoms with Gasteiger partial charge in [0, 0.05) is 11.1 Å². The molecule has 0 saturated heterocycles. The molecule has 0 aliphatic heterocycles. The summed E-state index contributed by atoms with van der Waals surface area (Å²) in [6.07, 6.45) is 3.24. The summed E-state index contributed by atoms with van der Waals surface area (Å²) in [5.41, 5.74) is 8.38. The normalized spacial score (nSPS) is 17.8. The van der Waals surface area contributed by atoms with Crippen molar-refractivity contribution in [1.29, 1.82) is 0 Å². The molecule has 0 unspecified atom stereocenters. The van der Waals surface area contributed by atoms with Crippen LogP contribution >= 0.6 is 0 Å². The van der Waals surface area contributed by atoms with E-state index in [1.165, 1.54) is 6.42 Å². The second-order valence-electron chi connectivity index (χ2n) is 4.48. The van der Waals surface area contributed by atoms with E-state index in [4.69, 9.17) is 15.2 Å². The number of benzene rings is 1. The largest absolute Gasteiger partial charge is 0.496 e. The van der Waals surface area contributed by atoms with E-state index < -0.39 is 0 Å². The van der Waals surface area contributed by atoms with Gasteiger partial charge in [0.1, 0.15) is 11.5 Å². The fourth-order valence-electron chi connectivity index (χ4n) is 2.49. The fraction of sp³-hybridized carbons (Fsp3) is 0.538. The highest BCUT2D eigenvalue weighted by molar-refractivity contribution is 5.52. The third-order valence-corrected chi connectivity index (χ3v) is 3.56. The minimum Gasteiger partial charge on any atom is -0.496 e. The third kappa shape index (κ3) is 1.55. The van der Waals surface area contributed by atoms with Crippen LogP contribution in [0.1, 0.15) is 30.4 Å². The molecule has 3 heteroatoms. The topological polar surface area (TPSA) is 44.5 Å². The predicted octanol–water partition coefficient (Wildman–Crippen LogP) is 2.35. The molecule has 1 aliphatic carbocycles. The molecule has 1 aromatic carbocycles. The van der Waals surface area contributed by atoms with Crippen LogP contribution < -0.4 is 15.2 Å². The van der Waals surface area contributed by atoms with E-state index >= 15 is 0 Å². The lowest BCUT2D eigenvalue weighted by Crippen LogP contribution is -2.44. The Morgan fingerprint density at radius 2 is 1.69 bits per heavy atom. The van der Waals surface area contributed by atoms with Gasteiger partial charge >= 0.3 is 0 Å². The van der Waals surface area contributed by atoms with Gasteiger partial charge in [-0.3, -0.25) is 0 Å². The Kier molecular flexibility index (Phi) is 2.80. The number of hydrogen-bond donors (Lipinski definition) is 1. The molecule has 1 saturated carbocycles. The quantitative estimate of drug-likeness (QED) is 0.852. The summed E-state index contributed by atoms with van der Waals surface area (Å²) < 4.78 is 10.7. The summed E-state index contributed by atoms with van der Waals surface area (Å²) >= 11 is 0. The predicted molar refractivity (Wildman–Crippen MR) is 64.0 cm³/mol. The van der Waals surface area contributed by atoms with Crippen LogP contribution in [-0.4, -0.2) is 14.2 Å². The van der Waals surface area contributed by atoms with E-state index in [2.05, 4.69) is 0 Å². The van der Waals surface area contributed by atoms with Crippen molar-refractivity contribution in [3.8, 4) is 11.5 Å². The van der Waals surface area contributed by atoms with Crippen molar-refractivity contribution in [2.75, 3.05) is 14.2 Å². The Labute approximate surface area is 96.5 Å². The minimum absolute atomic E-state index is 0.218. The van der Waals surface area contributed by atoms with Crippen molar-refractivity contribution < 1.29 is 9.47 Å². The highest BCUT2D eigenvalue weighted by Gasteiger charge is 2.38. The Hall–Kier alpha value is -1.22. The second kappa shape index (κ2) is 3.98. The maximum Gasteiger partial charge on any atom is 0.124 e. The number of nitrogens with two attached hydrogens (primary N) is 1. The van der Waals surface area contributed by atoms with Gasteiger partial charge in [-0.25, -0.2) is 0 Å². The molecule has 0 amide bonds. The lowest BCUT2D eigenvalue weighted by atomic mass is 9.71. The first-order valence-corrected chi connectivity index (χ1v) is 5.63. The van der Waals surface area contributed by atoms with E-state index in [1.807, 2.05) is 19.1 Å². The summed E-state index contributed by atoms with van der Waals surface area (Å²) in [5, 5.41) is 0. The minimum atomic E-state index is -0.218. The first-order chi connectivity index (χ1) is 7.62. The monoisotopic (exact) mass is 221 g/mol. The number of hydrogen-bond acceptors (Lipinski definition) is 3. The Bertz CT molecular complexity index is 397. The third-order valence-electron chi connectivity index (χ3n) is 3.56. The van der Waals surface area contributed by atoms with Crippen molar-refractivity contribution in [3.63, 3.8) is 0 Å². The lowest BCUT2D eigenvalue weighted by Gasteiger charge is -2.40. The van der Waals surface area contributed by atoms with Gasteiger partial charge in [-0.05, 0) is 43.9 Å². The van der Waals surface area contributed by atoms with Gasteiger partial charge in [0.05, 0.1) is 14.2 Å². The highest BCUT2D eigenvalue weighted by atomic mass is 16.5. The van der Waals surface area contributed by atoms with Crippen LogP contribution in [0.4, 0.5) is 0 Å². The summed E-state index contributed by atoms with van der Waals surface area (Å²) in [5.74, 6) is 1.76. The number of ether oxygens (including phenoxy) is 2. The van der Waals surface area contributed by atoms with Gasteiger partial charge in [0.15, 0.2) is 0 Å². The molecule has 16 heavy (non-hydrogen) atoms. The van der Waals surface area contributed by atoms with E-state index in [9.17, 15) is 0 Å². The Morgan fingerprint density at radius 3 is 2.12 bits per heavy atom.